The summed E-state index contributed by atoms with van der Waals surface area (Å²) in [6, 6.07) is 18.9. The van der Waals surface area contributed by atoms with Crippen LogP contribution in [0.5, 0.6) is 11.5 Å². The molecule has 2 atom stereocenters. The Hall–Kier alpha value is -5.24. The van der Waals surface area contributed by atoms with Gasteiger partial charge in [0.15, 0.2) is 11.5 Å². The highest BCUT2D eigenvalue weighted by atomic mass is 31.1. The number of fused-ring (bicyclic) bond motifs is 8. The number of aromatic amines is 2. The van der Waals surface area contributed by atoms with Crippen molar-refractivity contribution in [2.75, 3.05) is 0 Å². The van der Waals surface area contributed by atoms with E-state index in [9.17, 15) is 18.9 Å². The first-order chi connectivity index (χ1) is 26.9. The lowest BCUT2D eigenvalue weighted by atomic mass is 9.95. The third-order valence-corrected chi connectivity index (χ3v) is 11.9. The predicted octanol–water partition coefficient (Wildman–Crippen LogP) is 12.1. The number of nitrogens with zero attached hydrogens (tertiary/aromatic N) is 2. The fourth-order valence-electron chi connectivity index (χ4n) is 8.42. The van der Waals surface area contributed by atoms with Crippen LogP contribution in [-0.2, 0) is 22.0 Å². The van der Waals surface area contributed by atoms with Crippen molar-refractivity contribution in [2.45, 2.75) is 81.1 Å². The molecule has 286 valence electrons. The van der Waals surface area contributed by atoms with Crippen LogP contribution in [0, 0.1) is 13.8 Å². The molecule has 0 saturated heterocycles. The maximum absolute atomic E-state index is 11.5. The molecule has 5 heterocycles. The third-order valence-electron chi connectivity index (χ3n) is 11.1. The van der Waals surface area contributed by atoms with Crippen LogP contribution in [0.15, 0.2) is 60.7 Å². The monoisotopic (exact) mass is 788 g/mol. The highest BCUT2D eigenvalue weighted by molar-refractivity contribution is 7.32. The van der Waals surface area contributed by atoms with Crippen molar-refractivity contribution in [1.82, 2.24) is 19.9 Å². The van der Waals surface area contributed by atoms with Gasteiger partial charge in [-0.05, 0) is 145 Å². The van der Waals surface area contributed by atoms with Gasteiger partial charge in [-0.15, -0.1) is 9.79 Å². The Balaban J connectivity index is 1.69. The Bertz CT molecular complexity index is 2490. The molecular formula is C44H46N4O6P2+2. The van der Waals surface area contributed by atoms with Crippen molar-refractivity contribution >= 4 is 60.9 Å². The van der Waals surface area contributed by atoms with Gasteiger partial charge in [0.05, 0.1) is 33.8 Å². The van der Waals surface area contributed by atoms with Crippen LogP contribution in [0.2, 0.25) is 0 Å². The molecule has 2 aromatic carbocycles. The first-order valence-corrected chi connectivity index (χ1v) is 21.2. The quantitative estimate of drug-likeness (QED) is 0.102. The van der Waals surface area contributed by atoms with E-state index < -0.39 is 16.5 Å². The summed E-state index contributed by atoms with van der Waals surface area (Å²) in [5.74, 6) is 0.613. The van der Waals surface area contributed by atoms with Gasteiger partial charge >= 0.3 is 16.5 Å². The lowest BCUT2D eigenvalue weighted by Gasteiger charge is -2.08. The fraction of sp³-hybridized carbons (Fsp3) is 0.273. The van der Waals surface area contributed by atoms with Gasteiger partial charge in [0, 0.05) is 31.3 Å². The van der Waals surface area contributed by atoms with Crippen LogP contribution >= 0.6 is 16.5 Å². The summed E-state index contributed by atoms with van der Waals surface area (Å²) < 4.78 is 33.2. The predicted molar refractivity (Wildman–Crippen MR) is 227 cm³/mol. The summed E-state index contributed by atoms with van der Waals surface area (Å²) in [6.45, 7) is 17.2. The van der Waals surface area contributed by atoms with Gasteiger partial charge in [-0.2, -0.15) is 0 Å². The van der Waals surface area contributed by atoms with E-state index in [4.69, 9.17) is 19.0 Å². The summed E-state index contributed by atoms with van der Waals surface area (Å²) in [4.78, 5) is 37.4. The Morgan fingerprint density at radius 1 is 0.571 bits per heavy atom. The summed E-state index contributed by atoms with van der Waals surface area (Å²) in [5, 5.41) is 0. The van der Waals surface area contributed by atoms with Crippen molar-refractivity contribution in [3.63, 3.8) is 0 Å². The normalized spacial score (nSPS) is 13.4. The molecule has 3 aromatic heterocycles. The first kappa shape index (κ1) is 39.0. The second kappa shape index (κ2) is 15.7. The SMILES string of the molecule is CCC1=C(C)c2nc1cc1[nH]c(c(C)c1CC)c(-c1ccc(O[P+](=O)O)cc1)c1nc(cc3[nH]c(c(C)c3CC)c2-c2ccc(O[P+](=O)O)cc2)C(CC)=C1C. The number of benzene rings is 2. The number of H-pyrrole nitrogens is 2. The zero-order valence-corrected chi connectivity index (χ0v) is 34.7. The molecule has 0 radical (unpaired) electrons. The fourth-order valence-corrected chi connectivity index (χ4v) is 9.02. The molecule has 12 heteroatoms. The van der Waals surface area contributed by atoms with Crippen LogP contribution in [-0.4, -0.2) is 29.7 Å². The van der Waals surface area contributed by atoms with Gasteiger partial charge in [0.25, 0.3) is 0 Å². The van der Waals surface area contributed by atoms with Crippen molar-refractivity contribution in [1.29, 1.82) is 0 Å². The molecular weight excluding hydrogens is 742 g/mol. The van der Waals surface area contributed by atoms with Crippen molar-refractivity contribution < 1.29 is 28.0 Å². The van der Waals surface area contributed by atoms with Crippen molar-refractivity contribution in [3.8, 4) is 33.8 Å². The van der Waals surface area contributed by atoms with Crippen LogP contribution in [0.3, 0.4) is 0 Å². The standard InChI is InChI=1S/C44H44N4O6P2/c1-9-31-23(5)41-39(27-13-17-29(18-14-27)53-55(49)50)42-25(7)33(11-3)37(47-42)22-38-34(12-4)26(8)44(48-38)40(28-15-19-30(20-16-28)54-56(51)52)43-24(6)32(10-2)36(46-43)21-35(31)45-41/h13-22,45,48H,9-12H2,1-8H3/p+2. The van der Waals surface area contributed by atoms with Crippen LogP contribution in [0.1, 0.15) is 99.4 Å². The summed E-state index contributed by atoms with van der Waals surface area (Å²) in [7, 11) is -5.59. The number of aryl methyl sites for hydroxylation is 4. The molecule has 2 aliphatic heterocycles. The summed E-state index contributed by atoms with van der Waals surface area (Å²) >= 11 is 0. The molecule has 8 bridgehead atoms. The summed E-state index contributed by atoms with van der Waals surface area (Å²) in [5.41, 5.74) is 20.0. The number of hydrogen-bond acceptors (Lipinski definition) is 6. The Labute approximate surface area is 328 Å². The van der Waals surface area contributed by atoms with E-state index in [0.29, 0.717) is 11.5 Å². The van der Waals surface area contributed by atoms with Crippen molar-refractivity contribution in [2.24, 2.45) is 0 Å². The molecule has 56 heavy (non-hydrogen) atoms. The molecule has 4 N–H and O–H groups in total. The molecule has 0 fully saturated rings. The highest BCUT2D eigenvalue weighted by Gasteiger charge is 2.26. The molecule has 0 amide bonds. The number of hydrogen-bond donors (Lipinski definition) is 4. The smallest absolute Gasteiger partial charge is 0.354 e. The molecule has 10 nitrogen and oxygen atoms in total. The zero-order chi connectivity index (χ0) is 40.0. The highest BCUT2D eigenvalue weighted by Crippen LogP contribution is 2.44. The number of aromatic nitrogens is 4. The van der Waals surface area contributed by atoms with Gasteiger partial charge in [0.1, 0.15) is 0 Å². The number of rotatable bonds is 10. The molecule has 2 aliphatic rings. The van der Waals surface area contributed by atoms with E-state index in [-0.39, 0.29) is 0 Å². The van der Waals surface area contributed by atoms with Gasteiger partial charge in [-0.25, -0.2) is 19.0 Å². The zero-order valence-electron chi connectivity index (χ0n) is 32.9. The minimum atomic E-state index is -2.80. The molecule has 7 rings (SSSR count). The van der Waals surface area contributed by atoms with Gasteiger partial charge < -0.3 is 9.97 Å². The molecule has 0 spiro atoms. The minimum absolute atomic E-state index is 0.307. The summed E-state index contributed by atoms with van der Waals surface area (Å²) in [6.07, 6.45) is 3.12. The van der Waals surface area contributed by atoms with Gasteiger partial charge in [0.2, 0.25) is 0 Å². The molecule has 0 saturated carbocycles. The molecule has 0 aliphatic carbocycles. The average molecular weight is 789 g/mol. The van der Waals surface area contributed by atoms with Gasteiger partial charge in [-0.1, -0.05) is 52.0 Å². The third kappa shape index (κ3) is 6.92. The average Bonchev–Trinajstić information content (AvgIpc) is 3.85. The second-order valence-corrected chi connectivity index (χ2v) is 15.4. The van der Waals surface area contributed by atoms with Gasteiger partial charge in [-0.3, -0.25) is 0 Å². The van der Waals surface area contributed by atoms with E-state index in [1.54, 1.807) is 24.3 Å². The van der Waals surface area contributed by atoms with E-state index in [0.717, 1.165) is 126 Å². The van der Waals surface area contributed by atoms with E-state index >= 15 is 0 Å². The Morgan fingerprint density at radius 2 is 0.929 bits per heavy atom. The lowest BCUT2D eigenvalue weighted by Crippen LogP contribution is -1.90. The maximum Gasteiger partial charge on any atom is 0.747 e. The number of allylic oxidation sites excluding steroid dienone is 4. The van der Waals surface area contributed by atoms with Crippen LogP contribution in [0.25, 0.3) is 66.6 Å². The second-order valence-electron chi connectivity index (χ2n) is 14.1. The maximum atomic E-state index is 11.5. The Kier molecular flexibility index (Phi) is 10.9. The molecule has 2 unspecified atom stereocenters. The topological polar surface area (TPSA) is 150 Å². The molecule has 5 aromatic rings. The van der Waals surface area contributed by atoms with Crippen LogP contribution in [0.4, 0.5) is 0 Å². The number of nitrogens with one attached hydrogen (secondary N) is 2. The van der Waals surface area contributed by atoms with E-state index in [1.807, 2.05) is 24.3 Å². The Morgan fingerprint density at radius 3 is 1.23 bits per heavy atom. The van der Waals surface area contributed by atoms with E-state index in [2.05, 4.69) is 77.5 Å². The van der Waals surface area contributed by atoms with E-state index in [1.165, 1.54) is 11.1 Å². The minimum Gasteiger partial charge on any atom is -0.354 e. The first-order valence-electron chi connectivity index (χ1n) is 19.0. The van der Waals surface area contributed by atoms with Crippen LogP contribution < -0.4 is 9.05 Å². The van der Waals surface area contributed by atoms with Crippen molar-refractivity contribution in [3.05, 3.63) is 106 Å². The largest absolute Gasteiger partial charge is 0.747 e. The lowest BCUT2D eigenvalue weighted by molar-refractivity contribution is 0.409.